The van der Waals surface area contributed by atoms with Crippen LogP contribution in [0.1, 0.15) is 42.0 Å². The van der Waals surface area contributed by atoms with Crippen molar-refractivity contribution in [2.75, 3.05) is 13.7 Å². The van der Waals surface area contributed by atoms with E-state index in [-0.39, 0.29) is 5.63 Å². The van der Waals surface area contributed by atoms with Gasteiger partial charge in [0.2, 0.25) is 0 Å². The quantitative estimate of drug-likeness (QED) is 0.514. The number of hydrogen-bond donors (Lipinski definition) is 1. The molecule has 0 unspecified atom stereocenters. The maximum Gasteiger partial charge on any atom is 0.336 e. The molecule has 3 aromatic rings. The Morgan fingerprint density at radius 2 is 1.89 bits per heavy atom. The van der Waals surface area contributed by atoms with Gasteiger partial charge in [0, 0.05) is 23.4 Å². The number of benzene rings is 2. The number of nitrogens with two attached hydrogens (primary N) is 1. The number of hydrogen-bond acceptors (Lipinski definition) is 3. The molecule has 0 spiro atoms. The summed E-state index contributed by atoms with van der Waals surface area (Å²) in [4.78, 5) is 12.0. The lowest BCUT2D eigenvalue weighted by molar-refractivity contribution is -0.670. The molecular weight excluding hydrogens is 338 g/mol. The van der Waals surface area contributed by atoms with Gasteiger partial charge in [-0.15, -0.1) is 0 Å². The van der Waals surface area contributed by atoms with Gasteiger partial charge in [0.1, 0.15) is 17.9 Å². The fraction of sp³-hybridized carbons (Fsp3) is 0.348. The number of fused-ring (bicyclic) bond motifs is 1. The van der Waals surface area contributed by atoms with E-state index in [1.165, 1.54) is 11.1 Å². The summed E-state index contributed by atoms with van der Waals surface area (Å²) in [7, 11) is 1.70. The molecule has 0 radical (unpaired) electrons. The Kier molecular flexibility index (Phi) is 5.97. The summed E-state index contributed by atoms with van der Waals surface area (Å²) in [5, 5.41) is 3.27. The standard InChI is InChI=1S/C23H27NO3/c1-15(2)19-13-20-18(12-23(25)27-22(20)11-16(19)3)14-24-10-9-17-7-5-6-8-21(17)26-4/h5-8,11-13,15,24H,9-10,14H2,1-4H3/p+1. The average Bonchev–Trinajstić information content (AvgIpc) is 2.64. The van der Waals surface area contributed by atoms with Crippen LogP contribution in [0.5, 0.6) is 5.75 Å². The molecule has 1 heterocycles. The van der Waals surface area contributed by atoms with Gasteiger partial charge in [-0.2, -0.15) is 0 Å². The smallest absolute Gasteiger partial charge is 0.336 e. The largest absolute Gasteiger partial charge is 0.496 e. The third-order valence-corrected chi connectivity index (χ3v) is 5.01. The molecule has 0 saturated carbocycles. The molecule has 0 atom stereocenters. The number of ether oxygens (including phenoxy) is 1. The van der Waals surface area contributed by atoms with Crippen molar-refractivity contribution >= 4 is 11.0 Å². The zero-order valence-electron chi connectivity index (χ0n) is 16.5. The highest BCUT2D eigenvalue weighted by Crippen LogP contribution is 2.26. The van der Waals surface area contributed by atoms with Gasteiger partial charge < -0.3 is 14.5 Å². The van der Waals surface area contributed by atoms with Crippen molar-refractivity contribution in [2.45, 2.75) is 39.7 Å². The molecule has 0 fully saturated rings. The van der Waals surface area contributed by atoms with Crippen molar-refractivity contribution in [1.29, 1.82) is 0 Å². The van der Waals surface area contributed by atoms with Crippen molar-refractivity contribution in [3.63, 3.8) is 0 Å². The van der Waals surface area contributed by atoms with Crippen LogP contribution in [0.3, 0.4) is 0 Å². The summed E-state index contributed by atoms with van der Waals surface area (Å²) in [6.45, 7) is 8.11. The summed E-state index contributed by atoms with van der Waals surface area (Å²) in [5.41, 5.74) is 5.09. The van der Waals surface area contributed by atoms with Gasteiger partial charge in [0.05, 0.1) is 13.7 Å². The van der Waals surface area contributed by atoms with Crippen LogP contribution >= 0.6 is 0 Å². The number of para-hydroxylation sites is 1. The molecule has 142 valence electrons. The number of methoxy groups -OCH3 is 1. The van der Waals surface area contributed by atoms with Gasteiger partial charge in [-0.1, -0.05) is 32.0 Å². The molecule has 0 aliphatic carbocycles. The number of aryl methyl sites for hydroxylation is 1. The fourth-order valence-electron chi connectivity index (χ4n) is 3.61. The Hall–Kier alpha value is -2.59. The predicted molar refractivity (Wildman–Crippen MR) is 109 cm³/mol. The lowest BCUT2D eigenvalue weighted by atomic mass is 9.95. The molecule has 0 amide bonds. The molecule has 0 saturated heterocycles. The topological polar surface area (TPSA) is 56.0 Å². The summed E-state index contributed by atoms with van der Waals surface area (Å²) in [5.74, 6) is 1.36. The van der Waals surface area contributed by atoms with E-state index >= 15 is 0 Å². The van der Waals surface area contributed by atoms with Crippen LogP contribution in [0.2, 0.25) is 0 Å². The number of rotatable bonds is 7. The van der Waals surface area contributed by atoms with E-state index in [0.29, 0.717) is 11.5 Å². The van der Waals surface area contributed by atoms with E-state index in [0.717, 1.165) is 41.8 Å². The maximum atomic E-state index is 12.0. The Bertz CT molecular complexity index is 989. The van der Waals surface area contributed by atoms with Crippen LogP contribution in [0.25, 0.3) is 11.0 Å². The Morgan fingerprint density at radius 3 is 2.63 bits per heavy atom. The Morgan fingerprint density at radius 1 is 1.11 bits per heavy atom. The van der Waals surface area contributed by atoms with Gasteiger partial charge in [-0.05, 0) is 47.7 Å². The summed E-state index contributed by atoms with van der Waals surface area (Å²) in [6.07, 6.45) is 0.916. The first-order valence-corrected chi connectivity index (χ1v) is 9.50. The SMILES string of the molecule is COc1ccccc1CC[NH2+]Cc1cc(=O)oc2cc(C)c(C(C)C)cc12. The molecule has 4 nitrogen and oxygen atoms in total. The molecule has 2 aromatic carbocycles. The lowest BCUT2D eigenvalue weighted by Gasteiger charge is -2.13. The molecule has 0 aliphatic heterocycles. The molecule has 0 bridgehead atoms. The molecule has 4 heteroatoms. The monoisotopic (exact) mass is 366 g/mol. The van der Waals surface area contributed by atoms with Gasteiger partial charge in [0.25, 0.3) is 0 Å². The van der Waals surface area contributed by atoms with Gasteiger partial charge >= 0.3 is 5.63 Å². The minimum absolute atomic E-state index is 0.285. The summed E-state index contributed by atoms with van der Waals surface area (Å²) >= 11 is 0. The molecule has 0 aliphatic rings. The van der Waals surface area contributed by atoms with Crippen LogP contribution < -0.4 is 15.7 Å². The molecule has 1 aromatic heterocycles. The van der Waals surface area contributed by atoms with Gasteiger partial charge in [0.15, 0.2) is 0 Å². The number of quaternary nitrogens is 1. The zero-order valence-corrected chi connectivity index (χ0v) is 16.5. The Balaban J connectivity index is 1.78. The minimum atomic E-state index is -0.285. The first kappa shape index (κ1) is 19.2. The zero-order chi connectivity index (χ0) is 19.4. The summed E-state index contributed by atoms with van der Waals surface area (Å²) in [6, 6.07) is 13.9. The first-order valence-electron chi connectivity index (χ1n) is 9.50. The molecule has 27 heavy (non-hydrogen) atoms. The van der Waals surface area contributed by atoms with Crippen LogP contribution in [0.15, 0.2) is 51.7 Å². The van der Waals surface area contributed by atoms with E-state index < -0.39 is 0 Å². The van der Waals surface area contributed by atoms with E-state index in [1.807, 2.05) is 24.3 Å². The molecule has 3 rings (SSSR count). The highest BCUT2D eigenvalue weighted by Gasteiger charge is 2.12. The van der Waals surface area contributed by atoms with Crippen molar-refractivity contribution in [1.82, 2.24) is 0 Å². The second-order valence-corrected chi connectivity index (χ2v) is 7.29. The average molecular weight is 366 g/mol. The van der Waals surface area contributed by atoms with Crippen LogP contribution in [-0.2, 0) is 13.0 Å². The molecule has 2 N–H and O–H groups in total. The van der Waals surface area contributed by atoms with Crippen molar-refractivity contribution in [2.24, 2.45) is 0 Å². The second kappa shape index (κ2) is 8.40. The highest BCUT2D eigenvalue weighted by atomic mass is 16.5. The van der Waals surface area contributed by atoms with E-state index in [9.17, 15) is 4.79 Å². The van der Waals surface area contributed by atoms with Crippen LogP contribution in [-0.4, -0.2) is 13.7 Å². The molecular formula is C23H28NO3+. The second-order valence-electron chi connectivity index (χ2n) is 7.29. The lowest BCUT2D eigenvalue weighted by Crippen LogP contribution is -2.83. The van der Waals surface area contributed by atoms with Crippen LogP contribution in [0, 0.1) is 6.92 Å². The Labute approximate surface area is 160 Å². The van der Waals surface area contributed by atoms with Crippen molar-refractivity contribution in [3.8, 4) is 5.75 Å². The first-order chi connectivity index (χ1) is 13.0. The van der Waals surface area contributed by atoms with E-state index in [1.54, 1.807) is 13.2 Å². The maximum absolute atomic E-state index is 12.0. The highest BCUT2D eigenvalue weighted by molar-refractivity contribution is 5.82. The van der Waals surface area contributed by atoms with Gasteiger partial charge in [-0.25, -0.2) is 4.79 Å². The van der Waals surface area contributed by atoms with E-state index in [2.05, 4.69) is 38.2 Å². The third kappa shape index (κ3) is 4.40. The van der Waals surface area contributed by atoms with E-state index in [4.69, 9.17) is 9.15 Å². The van der Waals surface area contributed by atoms with Gasteiger partial charge in [-0.3, -0.25) is 0 Å². The van der Waals surface area contributed by atoms with Crippen molar-refractivity contribution < 1.29 is 14.5 Å². The van der Waals surface area contributed by atoms with Crippen molar-refractivity contribution in [3.05, 3.63) is 75.1 Å². The summed E-state index contributed by atoms with van der Waals surface area (Å²) < 4.78 is 10.9. The normalized spacial score (nSPS) is 11.3. The fourth-order valence-corrected chi connectivity index (χ4v) is 3.61. The predicted octanol–water partition coefficient (Wildman–Crippen LogP) is 3.54. The minimum Gasteiger partial charge on any atom is -0.496 e. The third-order valence-electron chi connectivity index (χ3n) is 5.01. The van der Waals surface area contributed by atoms with Crippen LogP contribution in [0.4, 0.5) is 0 Å².